The van der Waals surface area contributed by atoms with Crippen LogP contribution >= 0.6 is 27.5 Å². The number of likely N-dealkylation sites (tertiary alicyclic amines) is 1. The predicted molar refractivity (Wildman–Crippen MR) is 83.0 cm³/mol. The van der Waals surface area contributed by atoms with Crippen molar-refractivity contribution in [1.82, 2.24) is 4.90 Å². The Bertz CT molecular complexity index is 498. The number of rotatable bonds is 4. The van der Waals surface area contributed by atoms with Gasteiger partial charge in [-0.15, -0.1) is 0 Å². The van der Waals surface area contributed by atoms with E-state index in [1.807, 2.05) is 4.90 Å². The third-order valence-corrected chi connectivity index (χ3v) is 4.33. The lowest BCUT2D eigenvalue weighted by molar-refractivity contribution is -0.137. The van der Waals surface area contributed by atoms with Gasteiger partial charge in [0.15, 0.2) is 6.10 Å². The van der Waals surface area contributed by atoms with Crippen LogP contribution < -0.4 is 10.5 Å². The van der Waals surface area contributed by atoms with E-state index in [-0.39, 0.29) is 5.91 Å². The van der Waals surface area contributed by atoms with E-state index in [1.54, 1.807) is 25.1 Å². The summed E-state index contributed by atoms with van der Waals surface area (Å²) >= 11 is 9.26. The number of nitrogens with zero attached hydrogens (tertiary/aromatic N) is 1. The van der Waals surface area contributed by atoms with Gasteiger partial charge in [0.1, 0.15) is 5.75 Å². The molecular weight excluding hydrogens is 344 g/mol. The molecule has 1 fully saturated rings. The monoisotopic (exact) mass is 360 g/mol. The van der Waals surface area contributed by atoms with Crippen molar-refractivity contribution in [2.24, 2.45) is 11.7 Å². The van der Waals surface area contributed by atoms with E-state index < -0.39 is 6.10 Å². The number of hydrogen-bond donors (Lipinski definition) is 1. The van der Waals surface area contributed by atoms with Crippen LogP contribution in [0.15, 0.2) is 22.7 Å². The second kappa shape index (κ2) is 6.78. The van der Waals surface area contributed by atoms with Crippen LogP contribution in [0.2, 0.25) is 5.02 Å². The maximum atomic E-state index is 12.3. The van der Waals surface area contributed by atoms with Crippen molar-refractivity contribution < 1.29 is 9.53 Å². The van der Waals surface area contributed by atoms with E-state index in [4.69, 9.17) is 22.1 Å². The molecule has 0 saturated carbocycles. The lowest BCUT2D eigenvalue weighted by atomic mass is 10.1. The Morgan fingerprint density at radius 2 is 2.40 bits per heavy atom. The molecule has 0 unspecified atom stereocenters. The average molecular weight is 362 g/mol. The third-order valence-electron chi connectivity index (χ3n) is 3.48. The Morgan fingerprint density at radius 3 is 3.00 bits per heavy atom. The zero-order chi connectivity index (χ0) is 14.7. The van der Waals surface area contributed by atoms with Crippen molar-refractivity contribution in [3.8, 4) is 5.75 Å². The molecule has 0 radical (unpaired) electrons. The van der Waals surface area contributed by atoms with Gasteiger partial charge in [-0.1, -0.05) is 11.6 Å². The molecule has 1 aliphatic rings. The van der Waals surface area contributed by atoms with E-state index in [0.29, 0.717) is 23.2 Å². The minimum absolute atomic E-state index is 0.00259. The molecule has 20 heavy (non-hydrogen) atoms. The smallest absolute Gasteiger partial charge is 0.263 e. The van der Waals surface area contributed by atoms with Gasteiger partial charge in [0, 0.05) is 18.1 Å². The Hall–Kier alpha value is -0.780. The SMILES string of the molecule is C[C@@H](Oc1ccc(Cl)cc1Br)C(=O)N1CC[C@@H](CN)C1. The van der Waals surface area contributed by atoms with Gasteiger partial charge >= 0.3 is 0 Å². The number of amides is 1. The van der Waals surface area contributed by atoms with Crippen LogP contribution in [-0.4, -0.2) is 36.5 Å². The maximum absolute atomic E-state index is 12.3. The lowest BCUT2D eigenvalue weighted by Gasteiger charge is -2.22. The van der Waals surface area contributed by atoms with Crippen molar-refractivity contribution in [2.45, 2.75) is 19.4 Å². The van der Waals surface area contributed by atoms with Crippen molar-refractivity contribution in [3.63, 3.8) is 0 Å². The zero-order valence-electron chi connectivity index (χ0n) is 11.3. The highest BCUT2D eigenvalue weighted by atomic mass is 79.9. The molecule has 0 aliphatic carbocycles. The molecule has 1 amide bonds. The number of benzene rings is 1. The standard InChI is InChI=1S/C14H18BrClN2O2/c1-9(14(19)18-5-4-10(7-17)8-18)20-13-3-2-11(16)6-12(13)15/h2-3,6,9-10H,4-5,7-8,17H2,1H3/t9-,10+/m1/s1. The van der Waals surface area contributed by atoms with E-state index in [9.17, 15) is 4.79 Å². The van der Waals surface area contributed by atoms with Gasteiger partial charge < -0.3 is 15.4 Å². The predicted octanol–water partition coefficient (Wildman–Crippen LogP) is 2.68. The first-order valence-corrected chi connectivity index (χ1v) is 7.79. The molecule has 110 valence electrons. The summed E-state index contributed by atoms with van der Waals surface area (Å²) in [6.07, 6.45) is 0.448. The number of nitrogens with two attached hydrogens (primary N) is 1. The number of halogens is 2. The minimum atomic E-state index is -0.524. The molecule has 0 aromatic heterocycles. The molecular formula is C14H18BrClN2O2. The van der Waals surface area contributed by atoms with Crippen LogP contribution in [0.1, 0.15) is 13.3 Å². The summed E-state index contributed by atoms with van der Waals surface area (Å²) in [4.78, 5) is 14.1. The molecule has 0 spiro atoms. The van der Waals surface area contributed by atoms with Crippen LogP contribution in [0, 0.1) is 5.92 Å². The van der Waals surface area contributed by atoms with Crippen LogP contribution in [-0.2, 0) is 4.79 Å². The summed E-state index contributed by atoms with van der Waals surface area (Å²) in [5.74, 6) is 1.03. The summed E-state index contributed by atoms with van der Waals surface area (Å²) in [5.41, 5.74) is 5.64. The van der Waals surface area contributed by atoms with Crippen molar-refractivity contribution >= 4 is 33.4 Å². The molecule has 6 heteroatoms. The van der Waals surface area contributed by atoms with Gasteiger partial charge in [-0.05, 0) is 59.9 Å². The lowest BCUT2D eigenvalue weighted by Crippen LogP contribution is -2.39. The summed E-state index contributed by atoms with van der Waals surface area (Å²) in [6, 6.07) is 5.23. The highest BCUT2D eigenvalue weighted by molar-refractivity contribution is 9.10. The normalized spacial score (nSPS) is 20.0. The van der Waals surface area contributed by atoms with Gasteiger partial charge in [0.25, 0.3) is 5.91 Å². The van der Waals surface area contributed by atoms with E-state index in [2.05, 4.69) is 15.9 Å². The molecule has 2 N–H and O–H groups in total. The quantitative estimate of drug-likeness (QED) is 0.897. The van der Waals surface area contributed by atoms with Gasteiger partial charge in [0.05, 0.1) is 4.47 Å². The molecule has 2 atom stereocenters. The summed E-state index contributed by atoms with van der Waals surface area (Å²) in [7, 11) is 0. The van der Waals surface area contributed by atoms with E-state index in [0.717, 1.165) is 24.0 Å². The van der Waals surface area contributed by atoms with E-state index in [1.165, 1.54) is 0 Å². The highest BCUT2D eigenvalue weighted by Gasteiger charge is 2.29. The van der Waals surface area contributed by atoms with E-state index >= 15 is 0 Å². The number of hydrogen-bond acceptors (Lipinski definition) is 3. The van der Waals surface area contributed by atoms with Crippen LogP contribution in [0.5, 0.6) is 5.75 Å². The molecule has 1 saturated heterocycles. The summed E-state index contributed by atoms with van der Waals surface area (Å²) in [5, 5.41) is 0.619. The first-order valence-electron chi connectivity index (χ1n) is 6.62. The van der Waals surface area contributed by atoms with Gasteiger partial charge in [-0.3, -0.25) is 4.79 Å². The first kappa shape index (κ1) is 15.6. The molecule has 1 aromatic carbocycles. The molecule has 1 aliphatic heterocycles. The van der Waals surface area contributed by atoms with Crippen molar-refractivity contribution in [2.75, 3.05) is 19.6 Å². The van der Waals surface area contributed by atoms with Crippen LogP contribution in [0.3, 0.4) is 0 Å². The van der Waals surface area contributed by atoms with Crippen LogP contribution in [0.4, 0.5) is 0 Å². The molecule has 1 aromatic rings. The van der Waals surface area contributed by atoms with Crippen molar-refractivity contribution in [1.29, 1.82) is 0 Å². The topological polar surface area (TPSA) is 55.6 Å². The van der Waals surface area contributed by atoms with Crippen molar-refractivity contribution in [3.05, 3.63) is 27.7 Å². The second-order valence-electron chi connectivity index (χ2n) is 5.01. The Morgan fingerprint density at radius 1 is 1.65 bits per heavy atom. The third kappa shape index (κ3) is 3.65. The molecule has 1 heterocycles. The molecule has 4 nitrogen and oxygen atoms in total. The van der Waals surface area contributed by atoms with Gasteiger partial charge in [-0.25, -0.2) is 0 Å². The average Bonchev–Trinajstić information content (AvgIpc) is 2.89. The molecule has 0 bridgehead atoms. The number of carbonyl (C=O) groups is 1. The minimum Gasteiger partial charge on any atom is -0.480 e. The zero-order valence-corrected chi connectivity index (χ0v) is 13.7. The Balaban J connectivity index is 1.97. The Kier molecular flexibility index (Phi) is 5.29. The summed E-state index contributed by atoms with van der Waals surface area (Å²) < 4.78 is 6.46. The van der Waals surface area contributed by atoms with Crippen LogP contribution in [0.25, 0.3) is 0 Å². The Labute approximate surface area is 132 Å². The fraction of sp³-hybridized carbons (Fsp3) is 0.500. The fourth-order valence-corrected chi connectivity index (χ4v) is 3.07. The highest BCUT2D eigenvalue weighted by Crippen LogP contribution is 2.29. The van der Waals surface area contributed by atoms with Gasteiger partial charge in [0.2, 0.25) is 0 Å². The largest absolute Gasteiger partial charge is 0.480 e. The molecule has 2 rings (SSSR count). The number of ether oxygens (including phenoxy) is 1. The number of carbonyl (C=O) groups excluding carboxylic acids is 1. The van der Waals surface area contributed by atoms with Gasteiger partial charge in [-0.2, -0.15) is 0 Å². The maximum Gasteiger partial charge on any atom is 0.263 e. The fourth-order valence-electron chi connectivity index (χ4n) is 2.29. The second-order valence-corrected chi connectivity index (χ2v) is 6.30. The summed E-state index contributed by atoms with van der Waals surface area (Å²) in [6.45, 7) is 3.88. The first-order chi connectivity index (χ1) is 9.51.